The lowest BCUT2D eigenvalue weighted by atomic mass is 9.80. The maximum Gasteiger partial charge on any atom is 0.374 e. The average molecular weight is 501 g/mol. The van der Waals surface area contributed by atoms with Gasteiger partial charge in [0.25, 0.3) is 0 Å². The zero-order valence-electron chi connectivity index (χ0n) is 21.9. The van der Waals surface area contributed by atoms with Gasteiger partial charge in [0, 0.05) is 40.6 Å². The van der Waals surface area contributed by atoms with Crippen LogP contribution in [0.4, 0.5) is 5.69 Å². The minimum absolute atomic E-state index is 0.142. The highest BCUT2D eigenvalue weighted by Crippen LogP contribution is 2.47. The molecule has 5 nitrogen and oxygen atoms in total. The zero-order chi connectivity index (χ0) is 26.6. The Labute approximate surface area is 222 Å². The molecule has 2 heterocycles. The summed E-state index contributed by atoms with van der Waals surface area (Å²) in [6.45, 7) is 4.23. The third-order valence-corrected chi connectivity index (χ3v) is 7.62. The van der Waals surface area contributed by atoms with Gasteiger partial charge in [-0.05, 0) is 28.8 Å². The van der Waals surface area contributed by atoms with Crippen molar-refractivity contribution in [1.29, 1.82) is 0 Å². The fourth-order valence-electron chi connectivity index (χ4n) is 5.39. The molecule has 3 aromatic carbocycles. The molecule has 0 bridgehead atoms. The second-order valence-electron chi connectivity index (χ2n) is 10.3. The van der Waals surface area contributed by atoms with Gasteiger partial charge < -0.3 is 14.4 Å². The molecule has 0 saturated carbocycles. The Morgan fingerprint density at radius 3 is 2.18 bits per heavy atom. The van der Waals surface area contributed by atoms with E-state index in [0.29, 0.717) is 11.7 Å². The number of oxazole rings is 1. The summed E-state index contributed by atoms with van der Waals surface area (Å²) in [6, 6.07) is 26.5. The number of aromatic nitrogens is 1. The van der Waals surface area contributed by atoms with Gasteiger partial charge in [0.1, 0.15) is 7.05 Å². The van der Waals surface area contributed by atoms with Crippen LogP contribution in [-0.4, -0.2) is 12.8 Å². The summed E-state index contributed by atoms with van der Waals surface area (Å²) in [5.41, 5.74) is 6.43. The molecule has 38 heavy (non-hydrogen) atoms. The Morgan fingerprint density at radius 2 is 1.50 bits per heavy atom. The summed E-state index contributed by atoms with van der Waals surface area (Å²) in [7, 11) is 3.81. The Balaban J connectivity index is 1.28. The average Bonchev–Trinajstić information content (AvgIpc) is 3.40. The van der Waals surface area contributed by atoms with E-state index < -0.39 is 0 Å². The molecule has 1 aliphatic carbocycles. The lowest BCUT2D eigenvalue weighted by molar-refractivity contribution is -0.676. The van der Waals surface area contributed by atoms with E-state index in [0.717, 1.165) is 28.1 Å². The second kappa shape index (κ2) is 8.73. The highest BCUT2D eigenvalue weighted by Gasteiger charge is 2.39. The topological polar surface area (TPSA) is 60.4 Å². The lowest BCUT2D eigenvalue weighted by Crippen LogP contribution is -2.33. The summed E-state index contributed by atoms with van der Waals surface area (Å²) >= 11 is 0. The summed E-state index contributed by atoms with van der Waals surface area (Å²) in [5, 5.41) is 13.1. The van der Waals surface area contributed by atoms with Crippen LogP contribution in [0.2, 0.25) is 0 Å². The fraction of sp³-hybridized carbons (Fsp3) is 0.152. The third kappa shape index (κ3) is 3.70. The molecule has 0 saturated heterocycles. The first kappa shape index (κ1) is 23.7. The number of fused-ring (bicyclic) bond motifs is 1. The first-order chi connectivity index (χ1) is 18.3. The maximum absolute atomic E-state index is 13.1. The quantitative estimate of drug-likeness (QED) is 0.281. The molecule has 4 aromatic rings. The van der Waals surface area contributed by atoms with Crippen LogP contribution in [-0.2, 0) is 17.3 Å². The van der Waals surface area contributed by atoms with Gasteiger partial charge in [0.05, 0.1) is 6.08 Å². The van der Waals surface area contributed by atoms with Crippen molar-refractivity contribution in [1.82, 2.24) is 0 Å². The third-order valence-electron chi connectivity index (χ3n) is 7.62. The van der Waals surface area contributed by atoms with E-state index in [2.05, 4.69) is 55.1 Å². The van der Waals surface area contributed by atoms with Crippen molar-refractivity contribution in [3.8, 4) is 22.5 Å². The Morgan fingerprint density at radius 1 is 0.868 bits per heavy atom. The van der Waals surface area contributed by atoms with Crippen LogP contribution in [0.15, 0.2) is 118 Å². The summed E-state index contributed by atoms with van der Waals surface area (Å²) in [5.74, 6) is 0.596. The highest BCUT2D eigenvalue weighted by atomic mass is 16.4. The fourth-order valence-corrected chi connectivity index (χ4v) is 5.39. The second-order valence-corrected chi connectivity index (χ2v) is 10.3. The smallest absolute Gasteiger partial charge is 0.374 e. The number of Topliss-reactive ketones (excluding diaryl/α,β-unsaturated/α-hetero) is 1. The van der Waals surface area contributed by atoms with E-state index in [1.54, 1.807) is 16.7 Å². The molecule has 0 radical (unpaired) electrons. The number of nitrogens with zero attached hydrogens (tertiary/aromatic N) is 2. The first-order valence-corrected chi connectivity index (χ1v) is 12.6. The number of carbonyl (C=O) groups is 1. The lowest BCUT2D eigenvalue weighted by Gasteiger charge is -2.31. The van der Waals surface area contributed by atoms with Crippen LogP contribution < -0.4 is 14.6 Å². The maximum atomic E-state index is 13.1. The largest absolute Gasteiger partial charge is 0.871 e. The Hall–Kier alpha value is -4.64. The molecule has 5 heteroatoms. The van der Waals surface area contributed by atoms with Crippen molar-refractivity contribution in [3.63, 3.8) is 0 Å². The van der Waals surface area contributed by atoms with Gasteiger partial charge in [0.2, 0.25) is 12.0 Å². The molecule has 1 aliphatic heterocycles. The van der Waals surface area contributed by atoms with Crippen LogP contribution >= 0.6 is 0 Å². The van der Waals surface area contributed by atoms with E-state index >= 15 is 0 Å². The molecule has 0 amide bonds. The van der Waals surface area contributed by atoms with E-state index in [1.807, 2.05) is 62.8 Å². The van der Waals surface area contributed by atoms with E-state index in [-0.39, 0.29) is 28.1 Å². The highest BCUT2D eigenvalue weighted by molar-refractivity contribution is 6.23. The van der Waals surface area contributed by atoms with Gasteiger partial charge >= 0.3 is 5.89 Å². The predicted molar refractivity (Wildman–Crippen MR) is 147 cm³/mol. The standard InChI is InChI=1S/C33H28N2O3/c1-33(2)26-12-8-9-13-27(26)35(4)29(33)18-24-31(36)25(32(24)37)19-30-34(3)20-28(38-30)23-16-14-22(15-17-23)21-10-6-5-7-11-21/h5-20H,1-4H3. The van der Waals surface area contributed by atoms with Gasteiger partial charge in [-0.15, -0.1) is 0 Å². The van der Waals surface area contributed by atoms with Gasteiger partial charge in [-0.25, -0.2) is 0 Å². The number of likely N-dealkylation sites (N-methyl/N-ethyl adjacent to an activating group) is 1. The molecule has 0 N–H and O–H groups in total. The number of rotatable bonds is 4. The Kier molecular flexibility index (Phi) is 5.46. The molecule has 0 unspecified atom stereocenters. The molecule has 188 valence electrons. The molecule has 1 aromatic heterocycles. The van der Waals surface area contributed by atoms with E-state index in [9.17, 15) is 9.90 Å². The summed E-state index contributed by atoms with van der Waals surface area (Å²) in [6.07, 6.45) is 5.16. The number of hydrogen-bond donors (Lipinski definition) is 0. The number of aryl methyl sites for hydroxylation is 1. The molecule has 0 fully saturated rings. The number of anilines is 1. The van der Waals surface area contributed by atoms with E-state index in [4.69, 9.17) is 4.42 Å². The molecule has 0 atom stereocenters. The number of ketones is 1. The van der Waals surface area contributed by atoms with Gasteiger partial charge in [-0.1, -0.05) is 92.4 Å². The minimum atomic E-state index is -0.309. The monoisotopic (exact) mass is 500 g/mol. The number of benzene rings is 3. The molecule has 2 aliphatic rings. The number of allylic oxidation sites excluding steroid dienone is 4. The summed E-state index contributed by atoms with van der Waals surface area (Å²) < 4.78 is 7.85. The van der Waals surface area contributed by atoms with Crippen molar-refractivity contribution >= 4 is 17.5 Å². The number of para-hydroxylation sites is 1. The molecule has 6 rings (SSSR count). The van der Waals surface area contributed by atoms with Crippen LogP contribution in [0.3, 0.4) is 0 Å². The zero-order valence-corrected chi connectivity index (χ0v) is 21.9. The predicted octanol–water partition coefficient (Wildman–Crippen LogP) is 5.33. The van der Waals surface area contributed by atoms with Crippen LogP contribution in [0.25, 0.3) is 28.5 Å². The normalized spacial score (nSPS) is 18.3. The molecule has 0 spiro atoms. The van der Waals surface area contributed by atoms with Crippen molar-refractivity contribution in [2.75, 3.05) is 11.9 Å². The van der Waals surface area contributed by atoms with Gasteiger partial charge in [-0.3, -0.25) is 4.79 Å². The van der Waals surface area contributed by atoms with Crippen molar-refractivity contribution < 1.29 is 18.9 Å². The first-order valence-electron chi connectivity index (χ1n) is 12.6. The van der Waals surface area contributed by atoms with Crippen LogP contribution in [0.1, 0.15) is 25.3 Å². The molecular weight excluding hydrogens is 472 g/mol. The van der Waals surface area contributed by atoms with E-state index in [1.165, 1.54) is 5.56 Å². The SMILES string of the molecule is CN1/C(=C/C2=C([O-])C(=C/c3oc(-c4ccc(-c5ccccc5)cc4)c[n+]3C)/C2=O)C(C)(C)c2ccccc21. The number of carbonyl (C=O) groups excluding carboxylic acids is 1. The van der Waals surface area contributed by atoms with Crippen molar-refractivity contribution in [3.05, 3.63) is 125 Å². The number of hydrogen-bond acceptors (Lipinski definition) is 4. The van der Waals surface area contributed by atoms with Gasteiger partial charge in [-0.2, -0.15) is 4.57 Å². The van der Waals surface area contributed by atoms with Crippen LogP contribution in [0, 0.1) is 0 Å². The van der Waals surface area contributed by atoms with Crippen molar-refractivity contribution in [2.24, 2.45) is 7.05 Å². The van der Waals surface area contributed by atoms with Gasteiger partial charge in [0.15, 0.2) is 5.78 Å². The van der Waals surface area contributed by atoms with Crippen molar-refractivity contribution in [2.45, 2.75) is 19.3 Å². The molecular formula is C33H28N2O3. The van der Waals surface area contributed by atoms with Crippen LogP contribution in [0.5, 0.6) is 0 Å². The minimum Gasteiger partial charge on any atom is -0.871 e. The Bertz CT molecular complexity index is 1670. The summed E-state index contributed by atoms with van der Waals surface area (Å²) in [4.78, 5) is 15.1.